The van der Waals surface area contributed by atoms with E-state index in [0.29, 0.717) is 25.4 Å². The number of carbonyl (C=O) groups excluding carboxylic acids is 1. The fraction of sp³-hybridized carbons (Fsp3) is 0.348. The Labute approximate surface area is 189 Å². The second-order valence-electron chi connectivity index (χ2n) is 8.01. The number of ether oxygens (including phenoxy) is 1. The number of nitrogens with one attached hydrogen (secondary N) is 2. The largest absolute Gasteiger partial charge is 0.378 e. The zero-order valence-electron chi connectivity index (χ0n) is 18.0. The van der Waals surface area contributed by atoms with E-state index in [0.717, 1.165) is 24.1 Å². The van der Waals surface area contributed by atoms with E-state index in [1.165, 1.54) is 12.1 Å². The van der Waals surface area contributed by atoms with E-state index < -0.39 is 10.0 Å². The second-order valence-corrected chi connectivity index (χ2v) is 9.85. The molecule has 1 aromatic rings. The molecule has 2 atom stereocenters. The van der Waals surface area contributed by atoms with Gasteiger partial charge in [0.15, 0.2) is 0 Å². The number of morpholine rings is 1. The van der Waals surface area contributed by atoms with Crippen LogP contribution in [0.1, 0.15) is 19.8 Å². The first kappa shape index (κ1) is 22.3. The first-order chi connectivity index (χ1) is 15.4. The summed E-state index contributed by atoms with van der Waals surface area (Å²) in [4.78, 5) is 14.4. The zero-order valence-corrected chi connectivity index (χ0v) is 18.8. The molecule has 2 unspecified atom stereocenters. The average molecular weight is 457 g/mol. The molecule has 1 aromatic carbocycles. The third kappa shape index (κ3) is 4.64. The van der Waals surface area contributed by atoms with Crippen LogP contribution in [0.4, 0.5) is 10.5 Å². The molecule has 2 amide bonds. The van der Waals surface area contributed by atoms with Crippen molar-refractivity contribution in [1.82, 2.24) is 14.5 Å². The van der Waals surface area contributed by atoms with Gasteiger partial charge >= 0.3 is 6.03 Å². The predicted octanol–water partition coefficient (Wildman–Crippen LogP) is 3.16. The summed E-state index contributed by atoms with van der Waals surface area (Å²) in [6, 6.07) is 5.72. The first-order valence-electron chi connectivity index (χ1n) is 10.6. The van der Waals surface area contributed by atoms with Gasteiger partial charge in [-0.1, -0.05) is 18.7 Å². The quantitative estimate of drug-likeness (QED) is 0.686. The molecule has 2 fully saturated rings. The van der Waals surface area contributed by atoms with Crippen molar-refractivity contribution in [3.63, 3.8) is 0 Å². The summed E-state index contributed by atoms with van der Waals surface area (Å²) in [6.07, 6.45) is 11.2. The highest BCUT2D eigenvalue weighted by molar-refractivity contribution is 7.89. The number of amides is 2. The summed E-state index contributed by atoms with van der Waals surface area (Å²) in [5, 5.41) is 5.54. The molecule has 0 aromatic heterocycles. The van der Waals surface area contributed by atoms with Crippen LogP contribution in [0.25, 0.3) is 0 Å². The highest BCUT2D eigenvalue weighted by Crippen LogP contribution is 2.34. The van der Waals surface area contributed by atoms with E-state index in [1.807, 2.05) is 42.5 Å². The average Bonchev–Trinajstić information content (AvgIpc) is 3.05. The lowest BCUT2D eigenvalue weighted by atomic mass is 10.2. The predicted molar refractivity (Wildman–Crippen MR) is 123 cm³/mol. The molecule has 2 N–H and O–H groups in total. The molecule has 0 aliphatic carbocycles. The van der Waals surface area contributed by atoms with E-state index in [9.17, 15) is 13.2 Å². The van der Waals surface area contributed by atoms with Crippen LogP contribution in [0.15, 0.2) is 77.6 Å². The molecule has 4 rings (SSSR count). The maximum Gasteiger partial charge on any atom is 0.319 e. The summed E-state index contributed by atoms with van der Waals surface area (Å²) in [6.45, 7) is 7.12. The topological polar surface area (TPSA) is 91.0 Å². The van der Waals surface area contributed by atoms with Gasteiger partial charge < -0.3 is 20.3 Å². The molecule has 3 aliphatic rings. The monoisotopic (exact) mass is 456 g/mol. The Morgan fingerprint density at radius 3 is 2.53 bits per heavy atom. The van der Waals surface area contributed by atoms with Crippen molar-refractivity contribution in [3.8, 4) is 0 Å². The Balaban J connectivity index is 1.35. The molecular weight excluding hydrogens is 428 g/mol. The van der Waals surface area contributed by atoms with Crippen LogP contribution in [-0.4, -0.2) is 55.5 Å². The number of urea groups is 1. The van der Waals surface area contributed by atoms with Crippen molar-refractivity contribution in [2.75, 3.05) is 25.1 Å². The van der Waals surface area contributed by atoms with Crippen LogP contribution in [0.5, 0.6) is 0 Å². The van der Waals surface area contributed by atoms with E-state index in [4.69, 9.17) is 4.74 Å². The first-order valence-corrected chi connectivity index (χ1v) is 12.1. The molecule has 32 heavy (non-hydrogen) atoms. The molecule has 2 saturated heterocycles. The minimum absolute atomic E-state index is 0.0913. The number of rotatable bonds is 6. The van der Waals surface area contributed by atoms with Gasteiger partial charge in [-0.05, 0) is 55.7 Å². The summed E-state index contributed by atoms with van der Waals surface area (Å²) < 4.78 is 33.3. The van der Waals surface area contributed by atoms with Crippen LogP contribution < -0.4 is 10.6 Å². The van der Waals surface area contributed by atoms with E-state index in [2.05, 4.69) is 17.2 Å². The number of sulfonamides is 1. The van der Waals surface area contributed by atoms with E-state index in [-0.39, 0.29) is 23.0 Å². The van der Waals surface area contributed by atoms with Crippen molar-refractivity contribution in [3.05, 3.63) is 72.7 Å². The fourth-order valence-corrected chi connectivity index (χ4v) is 6.01. The molecule has 0 saturated carbocycles. The lowest BCUT2D eigenvalue weighted by molar-refractivity contribution is 0.0269. The summed E-state index contributed by atoms with van der Waals surface area (Å²) in [5.41, 5.74) is 2.28. The van der Waals surface area contributed by atoms with Crippen molar-refractivity contribution in [2.24, 2.45) is 0 Å². The zero-order chi connectivity index (χ0) is 22.7. The van der Waals surface area contributed by atoms with Crippen LogP contribution >= 0.6 is 0 Å². The second kappa shape index (κ2) is 9.32. The molecule has 0 spiro atoms. The van der Waals surface area contributed by atoms with Gasteiger partial charge in [-0.15, -0.1) is 0 Å². The van der Waals surface area contributed by atoms with Gasteiger partial charge in [-0.2, -0.15) is 4.31 Å². The lowest BCUT2D eigenvalue weighted by Crippen LogP contribution is -2.48. The Hall–Kier alpha value is -2.88. The summed E-state index contributed by atoms with van der Waals surface area (Å²) >= 11 is 0. The van der Waals surface area contributed by atoms with Crippen LogP contribution in [0.3, 0.4) is 0 Å². The fourth-order valence-electron chi connectivity index (χ4n) is 4.17. The minimum Gasteiger partial charge on any atom is -0.378 e. The Bertz CT molecular complexity index is 1060. The van der Waals surface area contributed by atoms with E-state index in [1.54, 1.807) is 16.4 Å². The van der Waals surface area contributed by atoms with Gasteiger partial charge in [0.25, 0.3) is 0 Å². The molecule has 8 nitrogen and oxygen atoms in total. The maximum absolute atomic E-state index is 13.1. The third-order valence-electron chi connectivity index (χ3n) is 5.75. The van der Waals surface area contributed by atoms with Crippen LogP contribution in [0.2, 0.25) is 0 Å². The third-order valence-corrected chi connectivity index (χ3v) is 7.77. The molecule has 3 heterocycles. The van der Waals surface area contributed by atoms with Crippen molar-refractivity contribution < 1.29 is 17.9 Å². The van der Waals surface area contributed by atoms with Crippen molar-refractivity contribution in [2.45, 2.75) is 36.7 Å². The number of carbonyl (C=O) groups is 1. The number of hydrogen-bond donors (Lipinski definition) is 2. The Morgan fingerprint density at radius 1 is 1.19 bits per heavy atom. The standard InChI is InChI=1S/C23H28N4O4S/c1-3-12-26-14-18(5-4-17(26)2)13-24-23(28)25-19-6-10-22(11-7-19)32(29,30)27-20-8-9-21(27)16-31-15-20/h3-7,10-12,14,20-21H,2,8-9,13,15-16H2,1H3,(H2,24,25,28)/b12-3-. The minimum atomic E-state index is -3.59. The van der Waals surface area contributed by atoms with Gasteiger partial charge in [0.2, 0.25) is 10.0 Å². The summed E-state index contributed by atoms with van der Waals surface area (Å²) in [7, 11) is -3.59. The lowest BCUT2D eigenvalue weighted by Gasteiger charge is -2.33. The van der Waals surface area contributed by atoms with Gasteiger partial charge in [0.05, 0.1) is 18.1 Å². The SMILES string of the molecule is C=C1C=CC(CNC(=O)Nc2ccc(S(=O)(=O)N3C4CCC3COC4)cc2)=CN1/C=C\C. The number of allylic oxidation sites excluding steroid dienone is 2. The number of hydrogen-bond acceptors (Lipinski definition) is 5. The maximum atomic E-state index is 13.1. The Kier molecular flexibility index (Phi) is 6.50. The summed E-state index contributed by atoms with van der Waals surface area (Å²) in [5.74, 6) is 0. The van der Waals surface area contributed by atoms with Gasteiger partial charge in [-0.3, -0.25) is 0 Å². The van der Waals surface area contributed by atoms with Crippen molar-refractivity contribution in [1.29, 1.82) is 0 Å². The number of anilines is 1. The normalized spacial score (nSPS) is 23.5. The number of benzene rings is 1. The van der Waals surface area contributed by atoms with Gasteiger partial charge in [0, 0.05) is 42.4 Å². The highest BCUT2D eigenvalue weighted by Gasteiger charge is 2.44. The van der Waals surface area contributed by atoms with Crippen LogP contribution in [0, 0.1) is 0 Å². The smallest absolute Gasteiger partial charge is 0.319 e. The van der Waals surface area contributed by atoms with Crippen LogP contribution in [-0.2, 0) is 14.8 Å². The van der Waals surface area contributed by atoms with Crippen molar-refractivity contribution >= 4 is 21.7 Å². The van der Waals surface area contributed by atoms with Gasteiger partial charge in [0.1, 0.15) is 0 Å². The molecule has 0 radical (unpaired) electrons. The Morgan fingerprint density at radius 2 is 1.88 bits per heavy atom. The van der Waals surface area contributed by atoms with E-state index >= 15 is 0 Å². The molecule has 3 aliphatic heterocycles. The number of nitrogens with zero attached hydrogens (tertiary/aromatic N) is 2. The molecule has 2 bridgehead atoms. The highest BCUT2D eigenvalue weighted by atomic mass is 32.2. The van der Waals surface area contributed by atoms with Gasteiger partial charge in [-0.25, -0.2) is 13.2 Å². The molecule has 170 valence electrons. The number of fused-ring (bicyclic) bond motifs is 2. The molecule has 9 heteroatoms. The molecular formula is C23H28N4O4S.